The predicted octanol–water partition coefficient (Wildman–Crippen LogP) is 4.52. The van der Waals surface area contributed by atoms with Gasteiger partial charge in [-0.25, -0.2) is 0 Å². The standard InChI is InChI=1S/C22H23N3O3/c1-15(16-7-5-4-6-8-16)24-18-11-17(13-23-14-18)22(26)25-20-12-19(27-2)9-10-21(20)28-3/h4-15,24H,1-3H3,(H,25,26). The lowest BCUT2D eigenvalue weighted by molar-refractivity contribution is 0.102. The third-order valence-corrected chi connectivity index (χ3v) is 4.34. The molecule has 6 heteroatoms. The highest BCUT2D eigenvalue weighted by molar-refractivity contribution is 6.05. The van der Waals surface area contributed by atoms with Crippen LogP contribution in [0.25, 0.3) is 0 Å². The number of carbonyl (C=O) groups excluding carboxylic acids is 1. The third kappa shape index (κ3) is 4.59. The van der Waals surface area contributed by atoms with E-state index in [9.17, 15) is 4.79 Å². The van der Waals surface area contributed by atoms with E-state index < -0.39 is 0 Å². The molecule has 3 rings (SSSR count). The highest BCUT2D eigenvalue weighted by Crippen LogP contribution is 2.29. The molecule has 2 N–H and O–H groups in total. The van der Waals surface area contributed by atoms with Crippen LogP contribution in [0.5, 0.6) is 11.5 Å². The molecule has 1 amide bonds. The summed E-state index contributed by atoms with van der Waals surface area (Å²) in [6.45, 7) is 2.06. The summed E-state index contributed by atoms with van der Waals surface area (Å²) in [5, 5.41) is 6.22. The first kappa shape index (κ1) is 19.2. The van der Waals surface area contributed by atoms with Crippen molar-refractivity contribution in [3.8, 4) is 11.5 Å². The summed E-state index contributed by atoms with van der Waals surface area (Å²) >= 11 is 0. The number of carbonyl (C=O) groups is 1. The summed E-state index contributed by atoms with van der Waals surface area (Å²) in [6.07, 6.45) is 3.22. The predicted molar refractivity (Wildman–Crippen MR) is 110 cm³/mol. The largest absolute Gasteiger partial charge is 0.497 e. The number of aromatic nitrogens is 1. The number of ether oxygens (including phenoxy) is 2. The van der Waals surface area contributed by atoms with Crippen LogP contribution in [0.1, 0.15) is 28.9 Å². The molecule has 1 atom stereocenters. The molecule has 0 aliphatic carbocycles. The first-order valence-electron chi connectivity index (χ1n) is 8.90. The van der Waals surface area contributed by atoms with E-state index in [0.29, 0.717) is 22.7 Å². The van der Waals surface area contributed by atoms with Gasteiger partial charge in [-0.1, -0.05) is 30.3 Å². The Labute approximate surface area is 164 Å². The van der Waals surface area contributed by atoms with Crippen molar-refractivity contribution in [2.24, 2.45) is 0 Å². The van der Waals surface area contributed by atoms with E-state index in [4.69, 9.17) is 9.47 Å². The van der Waals surface area contributed by atoms with E-state index in [1.165, 1.54) is 6.20 Å². The lowest BCUT2D eigenvalue weighted by Crippen LogP contribution is -2.14. The molecule has 3 aromatic rings. The fourth-order valence-corrected chi connectivity index (χ4v) is 2.82. The van der Waals surface area contributed by atoms with E-state index in [1.807, 2.05) is 18.2 Å². The molecule has 0 aliphatic heterocycles. The van der Waals surface area contributed by atoms with Crippen LogP contribution >= 0.6 is 0 Å². The van der Waals surface area contributed by atoms with Gasteiger partial charge in [0, 0.05) is 24.5 Å². The number of nitrogens with zero attached hydrogens (tertiary/aromatic N) is 1. The Morgan fingerprint density at radius 1 is 1.00 bits per heavy atom. The number of hydrogen-bond acceptors (Lipinski definition) is 5. The van der Waals surface area contributed by atoms with Gasteiger partial charge in [-0.05, 0) is 30.7 Å². The van der Waals surface area contributed by atoms with Gasteiger partial charge in [-0.3, -0.25) is 9.78 Å². The van der Waals surface area contributed by atoms with Crippen LogP contribution in [-0.4, -0.2) is 25.1 Å². The van der Waals surface area contributed by atoms with Crippen molar-refractivity contribution < 1.29 is 14.3 Å². The van der Waals surface area contributed by atoms with Gasteiger partial charge in [0.1, 0.15) is 11.5 Å². The van der Waals surface area contributed by atoms with Crippen molar-refractivity contribution >= 4 is 17.3 Å². The minimum absolute atomic E-state index is 0.0831. The number of anilines is 2. The van der Waals surface area contributed by atoms with Crippen LogP contribution in [0.2, 0.25) is 0 Å². The Morgan fingerprint density at radius 3 is 2.50 bits per heavy atom. The minimum Gasteiger partial charge on any atom is -0.497 e. The normalized spacial score (nSPS) is 11.4. The van der Waals surface area contributed by atoms with Gasteiger partial charge in [0.05, 0.1) is 31.2 Å². The second kappa shape index (κ2) is 8.90. The van der Waals surface area contributed by atoms with Crippen LogP contribution in [0.3, 0.4) is 0 Å². The number of methoxy groups -OCH3 is 2. The molecular weight excluding hydrogens is 354 g/mol. The quantitative estimate of drug-likeness (QED) is 0.633. The van der Waals surface area contributed by atoms with E-state index in [-0.39, 0.29) is 11.9 Å². The molecule has 144 valence electrons. The molecule has 0 radical (unpaired) electrons. The van der Waals surface area contributed by atoms with Crippen molar-refractivity contribution in [2.75, 3.05) is 24.9 Å². The molecule has 0 fully saturated rings. The number of hydrogen-bond donors (Lipinski definition) is 2. The molecule has 0 saturated heterocycles. The van der Waals surface area contributed by atoms with Gasteiger partial charge in [0.25, 0.3) is 5.91 Å². The Balaban J connectivity index is 1.76. The topological polar surface area (TPSA) is 72.5 Å². The molecular formula is C22H23N3O3. The van der Waals surface area contributed by atoms with Gasteiger partial charge in [-0.2, -0.15) is 0 Å². The Bertz CT molecular complexity index is 945. The fraction of sp³-hybridized carbons (Fsp3) is 0.182. The lowest BCUT2D eigenvalue weighted by atomic mass is 10.1. The van der Waals surface area contributed by atoms with Crippen molar-refractivity contribution in [3.63, 3.8) is 0 Å². The van der Waals surface area contributed by atoms with Crippen molar-refractivity contribution in [1.29, 1.82) is 0 Å². The zero-order chi connectivity index (χ0) is 19.9. The number of nitrogens with one attached hydrogen (secondary N) is 2. The summed E-state index contributed by atoms with van der Waals surface area (Å²) < 4.78 is 10.5. The van der Waals surface area contributed by atoms with Crippen LogP contribution in [-0.2, 0) is 0 Å². The van der Waals surface area contributed by atoms with E-state index in [0.717, 1.165) is 11.3 Å². The number of benzene rings is 2. The van der Waals surface area contributed by atoms with Crippen LogP contribution in [0, 0.1) is 0 Å². The number of pyridine rings is 1. The van der Waals surface area contributed by atoms with Crippen molar-refractivity contribution in [1.82, 2.24) is 4.98 Å². The SMILES string of the molecule is COc1ccc(OC)c(NC(=O)c2cncc(NC(C)c3ccccc3)c2)c1. The van der Waals surface area contributed by atoms with Gasteiger partial charge in [0.15, 0.2) is 0 Å². The van der Waals surface area contributed by atoms with Crippen LogP contribution in [0.15, 0.2) is 67.0 Å². The first-order chi connectivity index (χ1) is 13.6. The number of amides is 1. The van der Waals surface area contributed by atoms with Gasteiger partial charge < -0.3 is 20.1 Å². The monoisotopic (exact) mass is 377 g/mol. The molecule has 1 aromatic heterocycles. The lowest BCUT2D eigenvalue weighted by Gasteiger charge is -2.16. The summed E-state index contributed by atoms with van der Waals surface area (Å²) in [5.74, 6) is 0.894. The summed E-state index contributed by atoms with van der Waals surface area (Å²) in [4.78, 5) is 16.9. The zero-order valence-electron chi connectivity index (χ0n) is 16.1. The number of rotatable bonds is 7. The molecule has 1 heterocycles. The molecule has 0 saturated carbocycles. The molecule has 2 aromatic carbocycles. The molecule has 0 aliphatic rings. The molecule has 0 spiro atoms. The maximum atomic E-state index is 12.7. The van der Waals surface area contributed by atoms with E-state index in [1.54, 1.807) is 44.7 Å². The molecule has 0 bridgehead atoms. The highest BCUT2D eigenvalue weighted by Gasteiger charge is 2.13. The second-order valence-electron chi connectivity index (χ2n) is 6.26. The van der Waals surface area contributed by atoms with E-state index in [2.05, 4.69) is 34.7 Å². The average molecular weight is 377 g/mol. The van der Waals surface area contributed by atoms with E-state index >= 15 is 0 Å². The highest BCUT2D eigenvalue weighted by atomic mass is 16.5. The average Bonchev–Trinajstić information content (AvgIpc) is 2.74. The maximum Gasteiger partial charge on any atom is 0.257 e. The smallest absolute Gasteiger partial charge is 0.257 e. The molecule has 1 unspecified atom stereocenters. The Hall–Kier alpha value is -3.54. The Morgan fingerprint density at radius 2 is 1.79 bits per heavy atom. The Kier molecular flexibility index (Phi) is 6.11. The maximum absolute atomic E-state index is 12.7. The van der Waals surface area contributed by atoms with Crippen LogP contribution in [0.4, 0.5) is 11.4 Å². The third-order valence-electron chi connectivity index (χ3n) is 4.34. The van der Waals surface area contributed by atoms with Crippen molar-refractivity contribution in [2.45, 2.75) is 13.0 Å². The van der Waals surface area contributed by atoms with Crippen molar-refractivity contribution in [3.05, 3.63) is 78.1 Å². The molecule has 6 nitrogen and oxygen atoms in total. The van der Waals surface area contributed by atoms with Gasteiger partial charge in [0.2, 0.25) is 0 Å². The minimum atomic E-state index is -0.282. The zero-order valence-corrected chi connectivity index (χ0v) is 16.1. The summed E-state index contributed by atoms with van der Waals surface area (Å²) in [5.41, 5.74) is 2.89. The summed E-state index contributed by atoms with van der Waals surface area (Å²) in [7, 11) is 3.12. The fourth-order valence-electron chi connectivity index (χ4n) is 2.82. The van der Waals surface area contributed by atoms with Gasteiger partial charge >= 0.3 is 0 Å². The second-order valence-corrected chi connectivity index (χ2v) is 6.26. The van der Waals surface area contributed by atoms with Gasteiger partial charge in [-0.15, -0.1) is 0 Å². The first-order valence-corrected chi connectivity index (χ1v) is 8.90. The van der Waals surface area contributed by atoms with Crippen LogP contribution < -0.4 is 20.1 Å². The molecule has 28 heavy (non-hydrogen) atoms. The summed E-state index contributed by atoms with van der Waals surface area (Å²) in [6, 6.07) is 17.2.